The van der Waals surface area contributed by atoms with Crippen LogP contribution in [0.5, 0.6) is 0 Å². The molecule has 0 unspecified atom stereocenters. The summed E-state index contributed by atoms with van der Waals surface area (Å²) in [5.74, 6) is -3.91. The summed E-state index contributed by atoms with van der Waals surface area (Å²) in [5.41, 5.74) is 5.75. The second kappa shape index (κ2) is 4.52. The Bertz CT molecular complexity index is 581. The number of aromatic nitrogens is 2. The topological polar surface area (TPSA) is 63.8 Å². The molecule has 0 amide bonds. The van der Waals surface area contributed by atoms with Crippen molar-refractivity contribution in [2.45, 2.75) is 6.92 Å². The SMILES string of the molecule is Cc1cc(Nc2ccc(F)c(F)c2F)nc(N)n1. The van der Waals surface area contributed by atoms with Crippen molar-refractivity contribution >= 4 is 17.5 Å². The van der Waals surface area contributed by atoms with Gasteiger partial charge in [0.1, 0.15) is 5.82 Å². The minimum absolute atomic E-state index is 0.000455. The predicted molar refractivity (Wildman–Crippen MR) is 60.8 cm³/mol. The number of rotatable bonds is 2. The van der Waals surface area contributed by atoms with Crippen molar-refractivity contribution in [1.29, 1.82) is 0 Å². The van der Waals surface area contributed by atoms with Gasteiger partial charge in [-0.05, 0) is 19.1 Å². The molecule has 0 saturated carbocycles. The van der Waals surface area contributed by atoms with Gasteiger partial charge in [-0.25, -0.2) is 18.2 Å². The third-order valence-corrected chi connectivity index (χ3v) is 2.17. The molecule has 4 nitrogen and oxygen atoms in total. The number of hydrogen-bond acceptors (Lipinski definition) is 4. The molecular weight excluding hydrogens is 245 g/mol. The number of hydrogen-bond donors (Lipinski definition) is 2. The van der Waals surface area contributed by atoms with Crippen LogP contribution in [0.1, 0.15) is 5.69 Å². The molecule has 2 rings (SSSR count). The van der Waals surface area contributed by atoms with Crippen LogP contribution in [0.15, 0.2) is 18.2 Å². The first kappa shape index (κ1) is 12.2. The molecule has 0 radical (unpaired) electrons. The molecule has 0 aliphatic carbocycles. The lowest BCUT2D eigenvalue weighted by molar-refractivity contribution is 0.449. The summed E-state index contributed by atoms with van der Waals surface area (Å²) in [5, 5.41) is 2.51. The second-order valence-electron chi connectivity index (χ2n) is 3.60. The highest BCUT2D eigenvalue weighted by atomic mass is 19.2. The quantitative estimate of drug-likeness (QED) is 0.808. The van der Waals surface area contributed by atoms with Crippen molar-refractivity contribution in [3.05, 3.63) is 41.3 Å². The molecule has 0 aliphatic rings. The smallest absolute Gasteiger partial charge is 0.222 e. The van der Waals surface area contributed by atoms with E-state index in [2.05, 4.69) is 15.3 Å². The van der Waals surface area contributed by atoms with Crippen LogP contribution in [0.4, 0.5) is 30.6 Å². The maximum absolute atomic E-state index is 13.4. The number of halogens is 3. The monoisotopic (exact) mass is 254 g/mol. The Kier molecular flexibility index (Phi) is 3.05. The van der Waals surface area contributed by atoms with E-state index < -0.39 is 17.5 Å². The van der Waals surface area contributed by atoms with Gasteiger partial charge in [0, 0.05) is 11.8 Å². The number of nitrogens with zero attached hydrogens (tertiary/aromatic N) is 2. The Morgan fingerprint density at radius 3 is 2.50 bits per heavy atom. The number of benzene rings is 1. The Hall–Kier alpha value is -2.31. The summed E-state index contributed by atoms with van der Waals surface area (Å²) in [6.07, 6.45) is 0. The largest absolute Gasteiger partial charge is 0.368 e. The Morgan fingerprint density at radius 1 is 1.11 bits per heavy atom. The van der Waals surface area contributed by atoms with Crippen molar-refractivity contribution in [1.82, 2.24) is 9.97 Å². The van der Waals surface area contributed by atoms with Crippen molar-refractivity contribution < 1.29 is 13.2 Å². The molecule has 0 aliphatic heterocycles. The van der Waals surface area contributed by atoms with Crippen LogP contribution in [0.3, 0.4) is 0 Å². The highest BCUT2D eigenvalue weighted by Crippen LogP contribution is 2.23. The fourth-order valence-corrected chi connectivity index (χ4v) is 1.42. The van der Waals surface area contributed by atoms with E-state index in [0.717, 1.165) is 12.1 Å². The summed E-state index contributed by atoms with van der Waals surface area (Å²) in [7, 11) is 0. The molecule has 0 bridgehead atoms. The zero-order valence-corrected chi connectivity index (χ0v) is 9.34. The molecule has 0 atom stereocenters. The van der Waals surface area contributed by atoms with Gasteiger partial charge >= 0.3 is 0 Å². The Morgan fingerprint density at radius 2 is 1.83 bits per heavy atom. The number of nitrogen functional groups attached to an aromatic ring is 1. The second-order valence-corrected chi connectivity index (χ2v) is 3.60. The molecule has 2 aromatic rings. The molecule has 0 spiro atoms. The number of anilines is 3. The van der Waals surface area contributed by atoms with Crippen molar-refractivity contribution in [2.75, 3.05) is 11.1 Å². The highest BCUT2D eigenvalue weighted by molar-refractivity contribution is 5.58. The lowest BCUT2D eigenvalue weighted by atomic mass is 10.2. The lowest BCUT2D eigenvalue weighted by Crippen LogP contribution is -2.03. The van der Waals surface area contributed by atoms with E-state index in [1.807, 2.05) is 0 Å². The van der Waals surface area contributed by atoms with Gasteiger partial charge in [0.2, 0.25) is 5.95 Å². The van der Waals surface area contributed by atoms with Gasteiger partial charge in [0.15, 0.2) is 17.5 Å². The van der Waals surface area contributed by atoms with Gasteiger partial charge in [-0.2, -0.15) is 4.98 Å². The first-order chi connectivity index (χ1) is 8.47. The fourth-order valence-electron chi connectivity index (χ4n) is 1.42. The van der Waals surface area contributed by atoms with Crippen LogP contribution >= 0.6 is 0 Å². The van der Waals surface area contributed by atoms with Gasteiger partial charge in [-0.1, -0.05) is 0 Å². The molecule has 1 aromatic carbocycles. The molecule has 7 heteroatoms. The number of aryl methyl sites for hydroxylation is 1. The normalized spacial score (nSPS) is 10.4. The third kappa shape index (κ3) is 2.34. The summed E-state index contributed by atoms with van der Waals surface area (Å²) in [6.45, 7) is 1.67. The van der Waals surface area contributed by atoms with Crippen LogP contribution in [-0.2, 0) is 0 Å². The van der Waals surface area contributed by atoms with Crippen LogP contribution in [0.2, 0.25) is 0 Å². The third-order valence-electron chi connectivity index (χ3n) is 2.17. The van der Waals surface area contributed by atoms with E-state index in [-0.39, 0.29) is 17.5 Å². The van der Waals surface area contributed by atoms with Crippen molar-refractivity contribution in [3.8, 4) is 0 Å². The summed E-state index contributed by atoms with van der Waals surface area (Å²) in [6, 6.07) is 3.39. The van der Waals surface area contributed by atoms with Gasteiger partial charge in [-0.15, -0.1) is 0 Å². The number of nitrogens with two attached hydrogens (primary N) is 1. The van der Waals surface area contributed by atoms with Crippen LogP contribution < -0.4 is 11.1 Å². The maximum atomic E-state index is 13.4. The first-order valence-corrected chi connectivity index (χ1v) is 4.99. The minimum Gasteiger partial charge on any atom is -0.368 e. The summed E-state index contributed by atoms with van der Waals surface area (Å²) in [4.78, 5) is 7.62. The summed E-state index contributed by atoms with van der Waals surface area (Å²) < 4.78 is 39.1. The van der Waals surface area contributed by atoms with E-state index in [1.165, 1.54) is 6.07 Å². The molecule has 1 aromatic heterocycles. The maximum Gasteiger partial charge on any atom is 0.222 e. The van der Waals surface area contributed by atoms with Crippen molar-refractivity contribution in [2.24, 2.45) is 0 Å². The highest BCUT2D eigenvalue weighted by Gasteiger charge is 2.13. The number of nitrogens with one attached hydrogen (secondary N) is 1. The standard InChI is InChI=1S/C11H9F3N4/c1-5-4-8(18-11(15)16-5)17-7-3-2-6(12)9(13)10(7)14/h2-4H,1H3,(H3,15,16,17,18). The van der Waals surface area contributed by atoms with Gasteiger partial charge in [0.25, 0.3) is 0 Å². The van der Waals surface area contributed by atoms with Crippen LogP contribution in [-0.4, -0.2) is 9.97 Å². The minimum atomic E-state index is -1.54. The van der Waals surface area contributed by atoms with Crippen molar-refractivity contribution in [3.63, 3.8) is 0 Å². The van der Waals surface area contributed by atoms with Gasteiger partial charge in [0.05, 0.1) is 5.69 Å². The zero-order valence-electron chi connectivity index (χ0n) is 9.34. The first-order valence-electron chi connectivity index (χ1n) is 4.99. The molecular formula is C11H9F3N4. The Balaban J connectivity index is 2.37. The Labute approximate surface area is 101 Å². The van der Waals surface area contributed by atoms with E-state index in [9.17, 15) is 13.2 Å². The summed E-state index contributed by atoms with van der Waals surface area (Å²) >= 11 is 0. The molecule has 18 heavy (non-hydrogen) atoms. The van der Waals surface area contributed by atoms with Gasteiger partial charge in [-0.3, -0.25) is 0 Å². The van der Waals surface area contributed by atoms with Crippen LogP contribution in [0, 0.1) is 24.4 Å². The average molecular weight is 254 g/mol. The van der Waals surface area contributed by atoms with Crippen LogP contribution in [0.25, 0.3) is 0 Å². The van der Waals surface area contributed by atoms with Gasteiger partial charge < -0.3 is 11.1 Å². The molecule has 3 N–H and O–H groups in total. The molecule has 94 valence electrons. The van der Waals surface area contributed by atoms with E-state index in [1.54, 1.807) is 6.92 Å². The molecule has 1 heterocycles. The zero-order chi connectivity index (χ0) is 13.3. The fraction of sp³-hybridized carbons (Fsp3) is 0.0909. The molecule has 0 saturated heterocycles. The predicted octanol–water partition coefficient (Wildman–Crippen LogP) is 2.53. The molecule has 0 fully saturated rings. The van der Waals surface area contributed by atoms with E-state index in [0.29, 0.717) is 5.69 Å². The van der Waals surface area contributed by atoms with E-state index >= 15 is 0 Å². The average Bonchev–Trinajstić information content (AvgIpc) is 2.29. The van der Waals surface area contributed by atoms with E-state index in [4.69, 9.17) is 5.73 Å². The lowest BCUT2D eigenvalue weighted by Gasteiger charge is -2.08.